The smallest absolute Gasteiger partial charge is 0.291 e. The Hall–Kier alpha value is -2.47. The van der Waals surface area contributed by atoms with Crippen molar-refractivity contribution in [1.82, 2.24) is 20.2 Å². The fraction of sp³-hybridized carbons (Fsp3) is 0.500. The number of benzene rings is 1. The number of hydrogen-bond acceptors (Lipinski definition) is 5. The zero-order chi connectivity index (χ0) is 20.3. The Labute approximate surface area is 168 Å². The molecule has 1 aliphatic heterocycles. The summed E-state index contributed by atoms with van der Waals surface area (Å²) in [6, 6.07) is 9.02. The molecule has 2 heterocycles. The van der Waals surface area contributed by atoms with Crippen molar-refractivity contribution in [2.45, 2.75) is 46.2 Å². The molecule has 6 nitrogen and oxygen atoms in total. The number of nitrogens with zero attached hydrogens (tertiary/aromatic N) is 4. The van der Waals surface area contributed by atoms with E-state index in [1.807, 2.05) is 13.8 Å². The summed E-state index contributed by atoms with van der Waals surface area (Å²) in [5.41, 5.74) is 4.69. The SMILES string of the molecule is CCc1ccccc1CN[C@@H]1CCN(c2nc(C(=O)N(C)C)nc(C)c2C)C1. The van der Waals surface area contributed by atoms with Gasteiger partial charge in [-0.05, 0) is 37.8 Å². The van der Waals surface area contributed by atoms with Crippen molar-refractivity contribution >= 4 is 11.7 Å². The van der Waals surface area contributed by atoms with E-state index >= 15 is 0 Å². The molecule has 1 saturated heterocycles. The third-order valence-electron chi connectivity index (χ3n) is 5.53. The highest BCUT2D eigenvalue weighted by Gasteiger charge is 2.26. The third-order valence-corrected chi connectivity index (χ3v) is 5.53. The van der Waals surface area contributed by atoms with Crippen molar-refractivity contribution in [1.29, 1.82) is 0 Å². The van der Waals surface area contributed by atoms with E-state index in [2.05, 4.69) is 51.4 Å². The lowest BCUT2D eigenvalue weighted by Crippen LogP contribution is -2.33. The zero-order valence-electron chi connectivity index (χ0n) is 17.6. The predicted molar refractivity (Wildman–Crippen MR) is 113 cm³/mol. The van der Waals surface area contributed by atoms with Crippen LogP contribution in [0.1, 0.15) is 46.3 Å². The van der Waals surface area contributed by atoms with E-state index in [1.165, 1.54) is 16.0 Å². The molecule has 0 unspecified atom stereocenters. The van der Waals surface area contributed by atoms with E-state index < -0.39 is 0 Å². The largest absolute Gasteiger partial charge is 0.355 e. The Kier molecular flexibility index (Phi) is 6.29. The predicted octanol–water partition coefficient (Wildman–Crippen LogP) is 2.73. The van der Waals surface area contributed by atoms with Crippen molar-refractivity contribution in [3.05, 3.63) is 52.5 Å². The highest BCUT2D eigenvalue weighted by molar-refractivity contribution is 5.90. The Morgan fingerprint density at radius 1 is 1.21 bits per heavy atom. The van der Waals surface area contributed by atoms with Crippen molar-refractivity contribution in [2.75, 3.05) is 32.1 Å². The highest BCUT2D eigenvalue weighted by atomic mass is 16.2. The standard InChI is InChI=1S/C22H31N5O/c1-6-17-9-7-8-10-18(17)13-23-19-11-12-27(14-19)21-15(2)16(3)24-20(25-21)22(28)26(4)5/h7-10,19,23H,6,11-14H2,1-5H3/t19-/m1/s1. The van der Waals surface area contributed by atoms with Gasteiger partial charge in [0, 0.05) is 51.0 Å². The first-order valence-electron chi connectivity index (χ1n) is 10.0. The van der Waals surface area contributed by atoms with E-state index in [1.54, 1.807) is 14.1 Å². The van der Waals surface area contributed by atoms with E-state index in [0.717, 1.165) is 49.6 Å². The van der Waals surface area contributed by atoms with Crippen LogP contribution < -0.4 is 10.2 Å². The first kappa shape index (κ1) is 20.3. The maximum absolute atomic E-state index is 12.3. The topological polar surface area (TPSA) is 61.4 Å². The number of aromatic nitrogens is 2. The number of amides is 1. The van der Waals surface area contributed by atoms with Crippen LogP contribution >= 0.6 is 0 Å². The summed E-state index contributed by atoms with van der Waals surface area (Å²) in [4.78, 5) is 25.1. The molecule has 1 aliphatic rings. The van der Waals surface area contributed by atoms with Crippen LogP contribution in [-0.4, -0.2) is 54.0 Å². The van der Waals surface area contributed by atoms with Gasteiger partial charge in [0.15, 0.2) is 0 Å². The van der Waals surface area contributed by atoms with E-state index in [0.29, 0.717) is 6.04 Å². The van der Waals surface area contributed by atoms with Gasteiger partial charge in [-0.2, -0.15) is 0 Å². The van der Waals surface area contributed by atoms with Crippen molar-refractivity contribution < 1.29 is 4.79 Å². The molecule has 1 N–H and O–H groups in total. The van der Waals surface area contributed by atoms with Gasteiger partial charge in [-0.25, -0.2) is 9.97 Å². The van der Waals surface area contributed by atoms with E-state index in [-0.39, 0.29) is 11.7 Å². The fourth-order valence-electron chi connectivity index (χ4n) is 3.67. The van der Waals surface area contributed by atoms with Gasteiger partial charge in [0.1, 0.15) is 5.82 Å². The van der Waals surface area contributed by atoms with Gasteiger partial charge in [-0.3, -0.25) is 4.79 Å². The Morgan fingerprint density at radius 2 is 1.93 bits per heavy atom. The zero-order valence-corrected chi connectivity index (χ0v) is 17.6. The number of anilines is 1. The van der Waals surface area contributed by atoms with Crippen LogP contribution in [0.25, 0.3) is 0 Å². The molecule has 1 fully saturated rings. The molecule has 1 amide bonds. The molecule has 1 atom stereocenters. The van der Waals surface area contributed by atoms with Gasteiger partial charge >= 0.3 is 0 Å². The molecule has 0 bridgehead atoms. The van der Waals surface area contributed by atoms with Crippen molar-refractivity contribution in [3.63, 3.8) is 0 Å². The number of carbonyl (C=O) groups excluding carboxylic acids is 1. The molecular weight excluding hydrogens is 350 g/mol. The van der Waals surface area contributed by atoms with Crippen LogP contribution in [0.2, 0.25) is 0 Å². The van der Waals surface area contributed by atoms with Gasteiger partial charge in [0.2, 0.25) is 5.82 Å². The highest BCUT2D eigenvalue weighted by Crippen LogP contribution is 2.24. The lowest BCUT2D eigenvalue weighted by Gasteiger charge is -2.22. The van der Waals surface area contributed by atoms with Gasteiger partial charge in [-0.15, -0.1) is 0 Å². The first-order chi connectivity index (χ1) is 13.4. The molecule has 0 radical (unpaired) electrons. The second-order valence-electron chi connectivity index (χ2n) is 7.72. The minimum absolute atomic E-state index is 0.158. The van der Waals surface area contributed by atoms with Crippen LogP contribution in [0, 0.1) is 13.8 Å². The number of rotatable bonds is 6. The Bertz CT molecular complexity index is 849. The second kappa shape index (κ2) is 8.69. The van der Waals surface area contributed by atoms with Crippen LogP contribution in [0.4, 0.5) is 5.82 Å². The molecule has 28 heavy (non-hydrogen) atoms. The van der Waals surface area contributed by atoms with Crippen LogP contribution in [-0.2, 0) is 13.0 Å². The van der Waals surface area contributed by atoms with Gasteiger partial charge < -0.3 is 15.1 Å². The molecule has 0 saturated carbocycles. The minimum Gasteiger partial charge on any atom is -0.355 e. The summed E-state index contributed by atoms with van der Waals surface area (Å²) < 4.78 is 0. The molecule has 2 aromatic rings. The van der Waals surface area contributed by atoms with Crippen LogP contribution in [0.3, 0.4) is 0 Å². The average molecular weight is 382 g/mol. The van der Waals surface area contributed by atoms with Gasteiger partial charge in [0.05, 0.1) is 0 Å². The fourth-order valence-corrected chi connectivity index (χ4v) is 3.67. The molecule has 3 rings (SSSR count). The molecule has 0 spiro atoms. The summed E-state index contributed by atoms with van der Waals surface area (Å²) >= 11 is 0. The quantitative estimate of drug-likeness (QED) is 0.834. The molecule has 1 aromatic carbocycles. The normalized spacial score (nSPS) is 16.5. The van der Waals surface area contributed by atoms with Gasteiger partial charge in [0.25, 0.3) is 5.91 Å². The van der Waals surface area contributed by atoms with Crippen LogP contribution in [0.5, 0.6) is 0 Å². The number of carbonyl (C=O) groups is 1. The minimum atomic E-state index is -0.158. The molecule has 150 valence electrons. The summed E-state index contributed by atoms with van der Waals surface area (Å²) in [5.74, 6) is 1.00. The monoisotopic (exact) mass is 381 g/mol. The first-order valence-corrected chi connectivity index (χ1v) is 10.0. The number of aryl methyl sites for hydroxylation is 2. The molecule has 6 heteroatoms. The molecular formula is C22H31N5O. The second-order valence-corrected chi connectivity index (χ2v) is 7.72. The van der Waals surface area contributed by atoms with E-state index in [4.69, 9.17) is 0 Å². The lowest BCUT2D eigenvalue weighted by molar-refractivity contribution is 0.0815. The van der Waals surface area contributed by atoms with Crippen LogP contribution in [0.15, 0.2) is 24.3 Å². The Balaban J connectivity index is 1.70. The lowest BCUT2D eigenvalue weighted by atomic mass is 10.1. The van der Waals surface area contributed by atoms with Crippen molar-refractivity contribution in [2.24, 2.45) is 0 Å². The summed E-state index contributed by atoms with van der Waals surface area (Å²) in [5, 5.41) is 3.70. The maximum atomic E-state index is 12.3. The average Bonchev–Trinajstić information content (AvgIpc) is 3.16. The summed E-state index contributed by atoms with van der Waals surface area (Å²) in [7, 11) is 3.45. The maximum Gasteiger partial charge on any atom is 0.291 e. The number of hydrogen-bond donors (Lipinski definition) is 1. The molecule has 1 aromatic heterocycles. The molecule has 0 aliphatic carbocycles. The Morgan fingerprint density at radius 3 is 2.61 bits per heavy atom. The van der Waals surface area contributed by atoms with E-state index in [9.17, 15) is 4.79 Å². The summed E-state index contributed by atoms with van der Waals surface area (Å²) in [6.07, 6.45) is 2.12. The summed E-state index contributed by atoms with van der Waals surface area (Å²) in [6.45, 7) is 8.88. The number of nitrogens with one attached hydrogen (secondary N) is 1. The van der Waals surface area contributed by atoms with Crippen molar-refractivity contribution in [3.8, 4) is 0 Å². The third kappa shape index (κ3) is 4.33. The van der Waals surface area contributed by atoms with Gasteiger partial charge in [-0.1, -0.05) is 31.2 Å².